The maximum Gasteiger partial charge on any atom is 0.0104 e. The van der Waals surface area contributed by atoms with E-state index in [4.69, 9.17) is 0 Å². The van der Waals surface area contributed by atoms with Crippen molar-refractivity contribution >= 4 is 0 Å². The van der Waals surface area contributed by atoms with Crippen molar-refractivity contribution in [2.45, 2.75) is 52.1 Å². The van der Waals surface area contributed by atoms with Gasteiger partial charge in [-0.15, -0.1) is 0 Å². The summed E-state index contributed by atoms with van der Waals surface area (Å²) in [6, 6.07) is 0.824. The first-order valence-electron chi connectivity index (χ1n) is 4.30. The highest BCUT2D eigenvalue weighted by Gasteiger charge is 2.37. The van der Waals surface area contributed by atoms with E-state index in [1.54, 1.807) is 0 Å². The Balaban J connectivity index is 2.18. The van der Waals surface area contributed by atoms with E-state index in [2.05, 4.69) is 33.0 Å². The van der Waals surface area contributed by atoms with Crippen LogP contribution in [0.1, 0.15) is 40.5 Å². The second kappa shape index (κ2) is 2.54. The third-order valence-electron chi connectivity index (χ3n) is 2.07. The zero-order valence-electron chi connectivity index (χ0n) is 7.57. The molecule has 0 heterocycles. The lowest BCUT2D eigenvalue weighted by Gasteiger charge is -2.20. The first kappa shape index (κ1) is 8.06. The zero-order chi connectivity index (χ0) is 7.78. The lowest BCUT2D eigenvalue weighted by molar-refractivity contribution is 0.409. The average Bonchev–Trinajstić information content (AvgIpc) is 2.42. The number of nitrogens with one attached hydrogen (secondary N) is 1. The maximum atomic E-state index is 3.59. The number of hydrogen-bond donors (Lipinski definition) is 1. The van der Waals surface area contributed by atoms with Gasteiger partial charge in [0.1, 0.15) is 0 Å². The van der Waals surface area contributed by atoms with Gasteiger partial charge in [0.25, 0.3) is 0 Å². The summed E-state index contributed by atoms with van der Waals surface area (Å²) >= 11 is 0. The van der Waals surface area contributed by atoms with Crippen molar-refractivity contribution in [1.82, 2.24) is 5.32 Å². The predicted molar refractivity (Wildman–Crippen MR) is 45.1 cm³/mol. The van der Waals surface area contributed by atoms with E-state index in [9.17, 15) is 0 Å². The van der Waals surface area contributed by atoms with E-state index in [1.807, 2.05) is 0 Å². The Morgan fingerprint density at radius 3 is 2.30 bits per heavy atom. The van der Waals surface area contributed by atoms with Crippen LogP contribution in [-0.2, 0) is 0 Å². The van der Waals surface area contributed by atoms with Crippen LogP contribution < -0.4 is 5.32 Å². The first-order valence-corrected chi connectivity index (χ1v) is 4.30. The van der Waals surface area contributed by atoms with Gasteiger partial charge >= 0.3 is 0 Å². The zero-order valence-corrected chi connectivity index (χ0v) is 7.57. The normalized spacial score (nSPS) is 32.4. The van der Waals surface area contributed by atoms with Crippen molar-refractivity contribution < 1.29 is 0 Å². The summed E-state index contributed by atoms with van der Waals surface area (Å²) in [5.41, 5.74) is 0.314. The van der Waals surface area contributed by atoms with Gasteiger partial charge in [0.15, 0.2) is 0 Å². The molecule has 0 aromatic heterocycles. The lowest BCUT2D eigenvalue weighted by atomic mass is 10.1. The molecule has 1 nitrogen and oxygen atoms in total. The van der Waals surface area contributed by atoms with Crippen molar-refractivity contribution in [3.8, 4) is 0 Å². The Labute approximate surface area is 64.2 Å². The molecular formula is C9H19N. The summed E-state index contributed by atoms with van der Waals surface area (Å²) in [4.78, 5) is 0. The van der Waals surface area contributed by atoms with Gasteiger partial charge in [0.2, 0.25) is 0 Å². The predicted octanol–water partition coefficient (Wildman–Crippen LogP) is 2.17. The minimum atomic E-state index is 0.314. The molecule has 0 aliphatic heterocycles. The summed E-state index contributed by atoms with van der Waals surface area (Å²) < 4.78 is 0. The smallest absolute Gasteiger partial charge is 0.0104 e. The monoisotopic (exact) mass is 141 g/mol. The molecule has 1 N–H and O–H groups in total. The Kier molecular flexibility index (Phi) is 2.04. The Morgan fingerprint density at radius 2 is 2.00 bits per heavy atom. The van der Waals surface area contributed by atoms with Crippen LogP contribution in [0.3, 0.4) is 0 Å². The molecule has 0 radical (unpaired) electrons. The molecule has 0 bridgehead atoms. The average molecular weight is 141 g/mol. The van der Waals surface area contributed by atoms with E-state index < -0.39 is 0 Å². The van der Waals surface area contributed by atoms with Crippen LogP contribution in [0.4, 0.5) is 0 Å². The third kappa shape index (κ3) is 2.30. The van der Waals surface area contributed by atoms with Crippen LogP contribution in [-0.4, -0.2) is 11.6 Å². The fraction of sp³-hybridized carbons (Fsp3) is 1.00. The summed E-state index contributed by atoms with van der Waals surface area (Å²) in [5.74, 6) is 0.972. The molecule has 0 amide bonds. The fourth-order valence-electron chi connectivity index (χ4n) is 1.43. The molecule has 60 valence electrons. The van der Waals surface area contributed by atoms with Crippen molar-refractivity contribution in [3.63, 3.8) is 0 Å². The van der Waals surface area contributed by atoms with E-state index in [-0.39, 0.29) is 0 Å². The topological polar surface area (TPSA) is 12.0 Å². The molecule has 0 spiro atoms. The minimum Gasteiger partial charge on any atom is -0.309 e. The van der Waals surface area contributed by atoms with Crippen molar-refractivity contribution in [2.24, 2.45) is 5.92 Å². The quantitative estimate of drug-likeness (QED) is 0.621. The first-order chi connectivity index (χ1) is 4.53. The van der Waals surface area contributed by atoms with E-state index in [1.165, 1.54) is 12.8 Å². The molecule has 1 rings (SSSR count). The van der Waals surface area contributed by atoms with Crippen LogP contribution in [0.2, 0.25) is 0 Å². The lowest BCUT2D eigenvalue weighted by Crippen LogP contribution is -2.38. The van der Waals surface area contributed by atoms with Gasteiger partial charge < -0.3 is 5.32 Å². The number of rotatable bonds is 2. The van der Waals surface area contributed by atoms with Gasteiger partial charge in [0, 0.05) is 11.6 Å². The van der Waals surface area contributed by atoms with Gasteiger partial charge in [-0.25, -0.2) is 0 Å². The fourth-order valence-corrected chi connectivity index (χ4v) is 1.43. The van der Waals surface area contributed by atoms with Crippen molar-refractivity contribution in [3.05, 3.63) is 0 Å². The Bertz CT molecular complexity index is 112. The molecular weight excluding hydrogens is 122 g/mol. The van der Waals surface area contributed by atoms with Crippen LogP contribution in [0.25, 0.3) is 0 Å². The van der Waals surface area contributed by atoms with Crippen LogP contribution >= 0.6 is 0 Å². The molecule has 1 fully saturated rings. The SMILES string of the molecule is CCC1CC1NC(C)(C)C. The standard InChI is InChI=1S/C9H19N/c1-5-7-6-8(7)10-9(2,3)4/h7-8,10H,5-6H2,1-4H3. The molecule has 0 aromatic carbocycles. The highest BCUT2D eigenvalue weighted by Crippen LogP contribution is 2.34. The molecule has 1 heteroatoms. The summed E-state index contributed by atoms with van der Waals surface area (Å²) in [7, 11) is 0. The second-order valence-electron chi connectivity index (χ2n) is 4.40. The summed E-state index contributed by atoms with van der Waals surface area (Å²) in [6.07, 6.45) is 2.74. The largest absolute Gasteiger partial charge is 0.309 e. The van der Waals surface area contributed by atoms with Crippen LogP contribution in [0.5, 0.6) is 0 Å². The third-order valence-corrected chi connectivity index (χ3v) is 2.07. The number of hydrogen-bond acceptors (Lipinski definition) is 1. The van der Waals surface area contributed by atoms with Gasteiger partial charge in [-0.05, 0) is 33.1 Å². The van der Waals surface area contributed by atoms with Crippen LogP contribution in [0.15, 0.2) is 0 Å². The van der Waals surface area contributed by atoms with Gasteiger partial charge in [-0.2, -0.15) is 0 Å². The molecule has 1 aliphatic rings. The molecule has 2 atom stereocenters. The van der Waals surface area contributed by atoms with E-state index in [0.717, 1.165) is 12.0 Å². The van der Waals surface area contributed by atoms with E-state index in [0.29, 0.717) is 5.54 Å². The maximum absolute atomic E-state index is 3.59. The second-order valence-corrected chi connectivity index (χ2v) is 4.40. The molecule has 1 aliphatic carbocycles. The van der Waals surface area contributed by atoms with Crippen LogP contribution in [0, 0.1) is 5.92 Å². The van der Waals surface area contributed by atoms with Gasteiger partial charge in [-0.3, -0.25) is 0 Å². The Hall–Kier alpha value is -0.0400. The van der Waals surface area contributed by atoms with E-state index >= 15 is 0 Å². The molecule has 0 saturated heterocycles. The van der Waals surface area contributed by atoms with Gasteiger partial charge in [-0.1, -0.05) is 13.3 Å². The highest BCUT2D eigenvalue weighted by atomic mass is 15.0. The van der Waals surface area contributed by atoms with Crippen molar-refractivity contribution in [1.29, 1.82) is 0 Å². The minimum absolute atomic E-state index is 0.314. The Morgan fingerprint density at radius 1 is 1.40 bits per heavy atom. The van der Waals surface area contributed by atoms with Crippen molar-refractivity contribution in [2.75, 3.05) is 0 Å². The molecule has 2 unspecified atom stereocenters. The molecule has 10 heavy (non-hydrogen) atoms. The summed E-state index contributed by atoms with van der Waals surface area (Å²) in [5, 5.41) is 3.59. The summed E-state index contributed by atoms with van der Waals surface area (Å²) in [6.45, 7) is 8.98. The molecule has 1 saturated carbocycles. The molecule has 0 aromatic rings. The van der Waals surface area contributed by atoms with Gasteiger partial charge in [0.05, 0.1) is 0 Å². The highest BCUT2D eigenvalue weighted by molar-refractivity contribution is 4.95.